The molecule has 5 heterocycles. The van der Waals surface area contributed by atoms with Crippen molar-refractivity contribution in [1.82, 2.24) is 29.9 Å². The van der Waals surface area contributed by atoms with E-state index in [2.05, 4.69) is 19.9 Å². The van der Waals surface area contributed by atoms with Crippen molar-refractivity contribution in [3.8, 4) is 28.9 Å². The van der Waals surface area contributed by atoms with E-state index in [1.54, 1.807) is 18.5 Å². The summed E-state index contributed by atoms with van der Waals surface area (Å²) in [5, 5.41) is 0. The Bertz CT molecular complexity index is 1070. The molecule has 0 saturated carbocycles. The van der Waals surface area contributed by atoms with Crippen LogP contribution in [0.4, 0.5) is 0 Å². The van der Waals surface area contributed by atoms with Crippen LogP contribution >= 0.6 is 0 Å². The fourth-order valence-electron chi connectivity index (χ4n) is 3.23. The minimum Gasteiger partial charge on any atom is -0.471 e. The van der Waals surface area contributed by atoms with Crippen LogP contribution in [0.15, 0.2) is 60.9 Å². The molecular formula is C22H18N6O. The smallest absolute Gasteiger partial charge is 0.217 e. The second kappa shape index (κ2) is 7.71. The molecule has 8 bridgehead atoms. The lowest BCUT2D eigenvalue weighted by atomic mass is 10.1. The first-order valence-electron chi connectivity index (χ1n) is 9.54. The lowest BCUT2D eigenvalue weighted by Crippen LogP contribution is -2.03. The van der Waals surface area contributed by atoms with Gasteiger partial charge in [-0.05, 0) is 49.6 Å². The Hall–Kier alpha value is -3.74. The summed E-state index contributed by atoms with van der Waals surface area (Å²) in [4.78, 5) is 27.3. The summed E-state index contributed by atoms with van der Waals surface area (Å²) in [6, 6.07) is 15.5. The van der Waals surface area contributed by atoms with Gasteiger partial charge in [-0.1, -0.05) is 12.1 Å². The molecule has 4 aromatic rings. The summed E-state index contributed by atoms with van der Waals surface area (Å²) in [6.07, 6.45) is 6.05. The number of hydrogen-bond acceptors (Lipinski definition) is 7. The van der Waals surface area contributed by atoms with E-state index in [9.17, 15) is 0 Å². The second-order valence-corrected chi connectivity index (χ2v) is 6.76. The fourth-order valence-corrected chi connectivity index (χ4v) is 3.23. The molecular weight excluding hydrogens is 364 g/mol. The lowest BCUT2D eigenvalue weighted by Gasteiger charge is -2.07. The zero-order valence-corrected chi connectivity index (χ0v) is 15.7. The van der Waals surface area contributed by atoms with E-state index < -0.39 is 0 Å². The van der Waals surface area contributed by atoms with E-state index in [1.807, 2.05) is 42.5 Å². The molecule has 29 heavy (non-hydrogen) atoms. The Labute approximate surface area is 167 Å². The van der Waals surface area contributed by atoms with Crippen LogP contribution in [0.5, 0.6) is 5.88 Å². The van der Waals surface area contributed by atoms with Gasteiger partial charge < -0.3 is 4.74 Å². The van der Waals surface area contributed by atoms with Crippen molar-refractivity contribution in [1.29, 1.82) is 0 Å². The highest BCUT2D eigenvalue weighted by atomic mass is 16.5. The fraction of sp³-hybridized carbons (Fsp3) is 0.182. The molecule has 0 fully saturated rings. The third-order valence-electron chi connectivity index (χ3n) is 4.65. The van der Waals surface area contributed by atoms with Crippen LogP contribution in [-0.4, -0.2) is 29.9 Å². The van der Waals surface area contributed by atoms with Gasteiger partial charge in [0.2, 0.25) is 5.88 Å². The predicted octanol–water partition coefficient (Wildman–Crippen LogP) is 3.46. The molecule has 5 rings (SSSR count). The van der Waals surface area contributed by atoms with Crippen LogP contribution in [-0.2, 0) is 19.4 Å². The van der Waals surface area contributed by atoms with E-state index in [0.717, 1.165) is 47.7 Å². The summed E-state index contributed by atoms with van der Waals surface area (Å²) >= 11 is 0. The van der Waals surface area contributed by atoms with E-state index in [1.165, 1.54) is 0 Å². The summed E-state index contributed by atoms with van der Waals surface area (Å²) < 4.78 is 5.85. The Morgan fingerprint density at radius 3 is 2.00 bits per heavy atom. The van der Waals surface area contributed by atoms with Gasteiger partial charge in [0.1, 0.15) is 18.0 Å². The van der Waals surface area contributed by atoms with Gasteiger partial charge in [-0.15, -0.1) is 0 Å². The first-order valence-corrected chi connectivity index (χ1v) is 9.54. The maximum atomic E-state index is 5.85. The number of nitrogens with zero attached hydrogens (tertiary/aromatic N) is 6. The number of rotatable bonds is 0. The summed E-state index contributed by atoms with van der Waals surface area (Å²) in [5.41, 5.74) is 4.28. The molecule has 0 N–H and O–H groups in total. The average molecular weight is 382 g/mol. The SMILES string of the molecule is c1cc2nc(c1)-c1nccc(n1)COc1ccnc(n1)-c1cccc(n1)CCC2. The van der Waals surface area contributed by atoms with Gasteiger partial charge in [-0.2, -0.15) is 4.98 Å². The van der Waals surface area contributed by atoms with Crippen molar-refractivity contribution in [2.45, 2.75) is 25.9 Å². The minimum absolute atomic E-state index is 0.277. The van der Waals surface area contributed by atoms with Gasteiger partial charge in [0, 0.05) is 29.8 Å². The molecule has 0 unspecified atom stereocenters. The van der Waals surface area contributed by atoms with E-state index in [4.69, 9.17) is 14.7 Å². The third-order valence-corrected chi connectivity index (χ3v) is 4.65. The van der Waals surface area contributed by atoms with Crippen molar-refractivity contribution >= 4 is 0 Å². The van der Waals surface area contributed by atoms with Crippen LogP contribution in [0.25, 0.3) is 23.0 Å². The molecule has 1 aliphatic rings. The number of fused-ring (bicyclic) bond motifs is 10. The van der Waals surface area contributed by atoms with Crippen molar-refractivity contribution in [3.05, 3.63) is 78.0 Å². The van der Waals surface area contributed by atoms with Gasteiger partial charge >= 0.3 is 0 Å². The summed E-state index contributed by atoms with van der Waals surface area (Å²) in [5.74, 6) is 1.62. The first kappa shape index (κ1) is 17.4. The van der Waals surface area contributed by atoms with Crippen LogP contribution in [0.1, 0.15) is 23.5 Å². The molecule has 142 valence electrons. The standard InChI is InChI=1S/C22H18N6O/c1-4-15-6-2-8-18(25-15)21-23-12-10-17(27-21)14-29-20-11-13-24-22(28-20)19-9-3-7-16(5-1)26-19/h2-3,6-13H,1,4-5,14H2. The normalized spacial score (nSPS) is 13.2. The highest BCUT2D eigenvalue weighted by molar-refractivity contribution is 5.50. The Kier molecular flexibility index (Phi) is 4.62. The highest BCUT2D eigenvalue weighted by Crippen LogP contribution is 2.19. The summed E-state index contributed by atoms with van der Waals surface area (Å²) in [6.45, 7) is 0.277. The van der Waals surface area contributed by atoms with Crippen LogP contribution in [0.2, 0.25) is 0 Å². The highest BCUT2D eigenvalue weighted by Gasteiger charge is 2.10. The summed E-state index contributed by atoms with van der Waals surface area (Å²) in [7, 11) is 0. The molecule has 7 heteroatoms. The third kappa shape index (κ3) is 3.94. The van der Waals surface area contributed by atoms with E-state index in [-0.39, 0.29) is 6.61 Å². The molecule has 0 radical (unpaired) electrons. The molecule has 4 aromatic heterocycles. The quantitative estimate of drug-likeness (QED) is 0.460. The van der Waals surface area contributed by atoms with Crippen molar-refractivity contribution < 1.29 is 4.74 Å². The van der Waals surface area contributed by atoms with Crippen LogP contribution < -0.4 is 4.74 Å². The number of ether oxygens (including phenoxy) is 1. The first-order chi connectivity index (χ1) is 14.3. The van der Waals surface area contributed by atoms with Crippen molar-refractivity contribution in [2.75, 3.05) is 0 Å². The van der Waals surface area contributed by atoms with Gasteiger partial charge in [-0.3, -0.25) is 0 Å². The van der Waals surface area contributed by atoms with Crippen LogP contribution in [0.3, 0.4) is 0 Å². The average Bonchev–Trinajstić information content (AvgIpc) is 2.78. The maximum Gasteiger partial charge on any atom is 0.217 e. The van der Waals surface area contributed by atoms with Gasteiger partial charge in [0.05, 0.1) is 5.69 Å². The molecule has 7 nitrogen and oxygen atoms in total. The second-order valence-electron chi connectivity index (χ2n) is 6.76. The topological polar surface area (TPSA) is 86.6 Å². The number of pyridine rings is 2. The van der Waals surface area contributed by atoms with Crippen molar-refractivity contribution in [3.63, 3.8) is 0 Å². The largest absolute Gasteiger partial charge is 0.471 e. The molecule has 0 spiro atoms. The monoisotopic (exact) mass is 382 g/mol. The minimum atomic E-state index is 0.277. The predicted molar refractivity (Wildman–Crippen MR) is 107 cm³/mol. The molecule has 0 amide bonds. The Morgan fingerprint density at radius 1 is 0.621 bits per heavy atom. The Balaban J connectivity index is 1.55. The molecule has 0 aromatic carbocycles. The van der Waals surface area contributed by atoms with Gasteiger partial charge in [0.15, 0.2) is 11.6 Å². The zero-order valence-electron chi connectivity index (χ0n) is 15.7. The number of aromatic nitrogens is 6. The zero-order chi connectivity index (χ0) is 19.5. The van der Waals surface area contributed by atoms with Gasteiger partial charge in [0.25, 0.3) is 0 Å². The lowest BCUT2D eigenvalue weighted by molar-refractivity contribution is 0.289. The van der Waals surface area contributed by atoms with Gasteiger partial charge in [-0.25, -0.2) is 24.9 Å². The maximum absolute atomic E-state index is 5.85. The Morgan fingerprint density at radius 2 is 1.28 bits per heavy atom. The molecule has 0 aliphatic carbocycles. The van der Waals surface area contributed by atoms with E-state index >= 15 is 0 Å². The molecule has 0 atom stereocenters. The number of hydrogen-bond donors (Lipinski definition) is 0. The van der Waals surface area contributed by atoms with Crippen molar-refractivity contribution in [2.24, 2.45) is 0 Å². The molecule has 1 aliphatic heterocycles. The van der Waals surface area contributed by atoms with E-state index in [0.29, 0.717) is 17.5 Å². The molecule has 0 saturated heterocycles. The van der Waals surface area contributed by atoms with Crippen LogP contribution in [0, 0.1) is 0 Å². The number of aryl methyl sites for hydroxylation is 2.